The second-order valence-corrected chi connectivity index (χ2v) is 5.69. The number of likely N-dealkylation sites (N-methyl/N-ethyl adjacent to an activating group) is 1. The zero-order valence-electron chi connectivity index (χ0n) is 14.6. The molecule has 2 amide bonds. The molecule has 0 fully saturated rings. The Morgan fingerprint density at radius 1 is 1.26 bits per heavy atom. The van der Waals surface area contributed by atoms with Crippen LogP contribution in [-0.2, 0) is 9.59 Å². The van der Waals surface area contributed by atoms with Gasteiger partial charge in [0.15, 0.2) is 0 Å². The smallest absolute Gasteiger partial charge is 0.243 e. The van der Waals surface area contributed by atoms with E-state index in [9.17, 15) is 9.59 Å². The Morgan fingerprint density at radius 3 is 2.52 bits per heavy atom. The Labute approximate surface area is 138 Å². The summed E-state index contributed by atoms with van der Waals surface area (Å²) < 4.78 is 5.21. The van der Waals surface area contributed by atoms with Crippen LogP contribution >= 0.6 is 0 Å². The molecule has 1 rings (SSSR count). The fourth-order valence-electron chi connectivity index (χ4n) is 2.19. The van der Waals surface area contributed by atoms with Gasteiger partial charge in [0.1, 0.15) is 5.75 Å². The van der Waals surface area contributed by atoms with Gasteiger partial charge in [-0.15, -0.1) is 0 Å². The van der Waals surface area contributed by atoms with Crippen LogP contribution in [0.15, 0.2) is 18.2 Å². The van der Waals surface area contributed by atoms with Gasteiger partial charge in [0.05, 0.1) is 25.9 Å². The molecule has 0 aromatic heterocycles. The number of nitrogens with one attached hydrogen (secondary N) is 2. The summed E-state index contributed by atoms with van der Waals surface area (Å²) in [5.41, 5.74) is 1.62. The van der Waals surface area contributed by atoms with Crippen molar-refractivity contribution in [2.75, 3.05) is 32.1 Å². The summed E-state index contributed by atoms with van der Waals surface area (Å²) in [5.74, 6) is 0.147. The van der Waals surface area contributed by atoms with Crippen LogP contribution in [0.25, 0.3) is 0 Å². The number of hydrogen-bond donors (Lipinski definition) is 2. The number of hydrogen-bond acceptors (Lipinski definition) is 4. The van der Waals surface area contributed by atoms with Crippen molar-refractivity contribution >= 4 is 17.5 Å². The molecule has 0 heterocycles. The normalized spacial score (nSPS) is 10.7. The zero-order valence-corrected chi connectivity index (χ0v) is 14.6. The van der Waals surface area contributed by atoms with E-state index in [-0.39, 0.29) is 30.9 Å². The lowest BCUT2D eigenvalue weighted by Gasteiger charge is -2.23. The van der Waals surface area contributed by atoms with Gasteiger partial charge in [-0.25, -0.2) is 0 Å². The Morgan fingerprint density at radius 2 is 1.96 bits per heavy atom. The molecule has 0 unspecified atom stereocenters. The molecule has 128 valence electrons. The molecular formula is C17H27N3O3. The van der Waals surface area contributed by atoms with Gasteiger partial charge >= 0.3 is 0 Å². The average molecular weight is 321 g/mol. The van der Waals surface area contributed by atoms with Crippen LogP contribution in [0.5, 0.6) is 5.75 Å². The fourth-order valence-corrected chi connectivity index (χ4v) is 2.19. The third-order valence-electron chi connectivity index (χ3n) is 3.56. The fraction of sp³-hybridized carbons (Fsp3) is 0.529. The summed E-state index contributed by atoms with van der Waals surface area (Å²) in [7, 11) is 1.55. The average Bonchev–Trinajstić information content (AvgIpc) is 2.50. The SMILES string of the molecule is CCN(CC(=O)NCC(=O)Nc1cc(C)ccc1OC)C(C)C. The molecule has 0 spiro atoms. The summed E-state index contributed by atoms with van der Waals surface area (Å²) in [6.07, 6.45) is 0. The summed E-state index contributed by atoms with van der Waals surface area (Å²) >= 11 is 0. The lowest BCUT2D eigenvalue weighted by atomic mass is 10.2. The second kappa shape index (κ2) is 9.15. The van der Waals surface area contributed by atoms with Gasteiger partial charge in [0.2, 0.25) is 11.8 Å². The van der Waals surface area contributed by atoms with Gasteiger partial charge in [0.25, 0.3) is 0 Å². The van der Waals surface area contributed by atoms with Crippen LogP contribution in [0.3, 0.4) is 0 Å². The van der Waals surface area contributed by atoms with Crippen LogP contribution < -0.4 is 15.4 Å². The van der Waals surface area contributed by atoms with Crippen molar-refractivity contribution in [3.63, 3.8) is 0 Å². The maximum absolute atomic E-state index is 12.0. The molecule has 0 saturated heterocycles. The van der Waals surface area contributed by atoms with Crippen LogP contribution in [-0.4, -0.2) is 49.5 Å². The van der Waals surface area contributed by atoms with Gasteiger partial charge in [-0.2, -0.15) is 0 Å². The van der Waals surface area contributed by atoms with E-state index < -0.39 is 0 Å². The van der Waals surface area contributed by atoms with Crippen molar-refractivity contribution in [3.05, 3.63) is 23.8 Å². The van der Waals surface area contributed by atoms with Crippen LogP contribution in [0, 0.1) is 6.92 Å². The number of benzene rings is 1. The van der Waals surface area contributed by atoms with E-state index in [4.69, 9.17) is 4.74 Å². The van der Waals surface area contributed by atoms with Gasteiger partial charge in [-0.05, 0) is 45.0 Å². The van der Waals surface area contributed by atoms with Gasteiger partial charge < -0.3 is 15.4 Å². The maximum Gasteiger partial charge on any atom is 0.243 e. The predicted octanol–water partition coefficient (Wildman–Crippen LogP) is 1.79. The number of nitrogens with zero attached hydrogens (tertiary/aromatic N) is 1. The minimum Gasteiger partial charge on any atom is -0.495 e. The molecule has 0 aliphatic heterocycles. The lowest BCUT2D eigenvalue weighted by Crippen LogP contribution is -2.42. The molecule has 1 aromatic carbocycles. The van der Waals surface area contributed by atoms with E-state index in [1.807, 2.05) is 44.7 Å². The topological polar surface area (TPSA) is 70.7 Å². The first kappa shape index (κ1) is 19.0. The van der Waals surface area contributed by atoms with Crippen molar-refractivity contribution in [1.29, 1.82) is 0 Å². The highest BCUT2D eigenvalue weighted by atomic mass is 16.5. The number of rotatable bonds is 8. The molecule has 6 nitrogen and oxygen atoms in total. The summed E-state index contributed by atoms with van der Waals surface area (Å²) in [6, 6.07) is 5.82. The van der Waals surface area contributed by atoms with Crippen molar-refractivity contribution < 1.29 is 14.3 Å². The highest BCUT2D eigenvalue weighted by molar-refractivity contribution is 5.96. The monoisotopic (exact) mass is 321 g/mol. The van der Waals surface area contributed by atoms with Crippen LogP contribution in [0.4, 0.5) is 5.69 Å². The molecule has 6 heteroatoms. The van der Waals surface area contributed by atoms with Gasteiger partial charge in [-0.3, -0.25) is 14.5 Å². The maximum atomic E-state index is 12.0. The highest BCUT2D eigenvalue weighted by Gasteiger charge is 2.13. The third kappa shape index (κ3) is 6.28. The van der Waals surface area contributed by atoms with Crippen LogP contribution in [0.1, 0.15) is 26.3 Å². The number of aryl methyl sites for hydroxylation is 1. The Balaban J connectivity index is 2.51. The highest BCUT2D eigenvalue weighted by Crippen LogP contribution is 2.24. The van der Waals surface area contributed by atoms with E-state index in [1.54, 1.807) is 13.2 Å². The van der Waals surface area contributed by atoms with E-state index in [0.29, 0.717) is 11.4 Å². The van der Waals surface area contributed by atoms with E-state index in [1.165, 1.54) is 0 Å². The number of carbonyl (C=O) groups excluding carboxylic acids is 2. The van der Waals surface area contributed by atoms with E-state index in [2.05, 4.69) is 10.6 Å². The minimum atomic E-state index is -0.283. The Bertz CT molecular complexity index is 544. The molecule has 0 bridgehead atoms. The molecular weight excluding hydrogens is 294 g/mol. The Hall–Kier alpha value is -2.08. The van der Waals surface area contributed by atoms with E-state index in [0.717, 1.165) is 12.1 Å². The van der Waals surface area contributed by atoms with Crippen molar-refractivity contribution in [1.82, 2.24) is 10.2 Å². The van der Waals surface area contributed by atoms with E-state index >= 15 is 0 Å². The second-order valence-electron chi connectivity index (χ2n) is 5.69. The molecule has 0 saturated carbocycles. The zero-order chi connectivity index (χ0) is 17.4. The summed E-state index contributed by atoms with van der Waals surface area (Å²) in [6.45, 7) is 9.02. The first-order valence-electron chi connectivity index (χ1n) is 7.82. The molecule has 0 aliphatic carbocycles. The molecule has 2 N–H and O–H groups in total. The number of amides is 2. The molecule has 0 atom stereocenters. The van der Waals surface area contributed by atoms with Crippen molar-refractivity contribution in [2.24, 2.45) is 0 Å². The largest absolute Gasteiger partial charge is 0.495 e. The number of ether oxygens (including phenoxy) is 1. The molecule has 0 aliphatic rings. The first-order valence-corrected chi connectivity index (χ1v) is 7.82. The number of anilines is 1. The van der Waals surface area contributed by atoms with Crippen molar-refractivity contribution in [3.8, 4) is 5.75 Å². The summed E-state index contributed by atoms with van der Waals surface area (Å²) in [5, 5.41) is 5.40. The lowest BCUT2D eigenvalue weighted by molar-refractivity contribution is -0.125. The first-order chi connectivity index (χ1) is 10.9. The molecule has 23 heavy (non-hydrogen) atoms. The van der Waals surface area contributed by atoms with Gasteiger partial charge in [-0.1, -0.05) is 13.0 Å². The third-order valence-corrected chi connectivity index (χ3v) is 3.56. The number of carbonyl (C=O) groups is 2. The predicted molar refractivity (Wildman–Crippen MR) is 91.8 cm³/mol. The van der Waals surface area contributed by atoms with Crippen LogP contribution in [0.2, 0.25) is 0 Å². The number of methoxy groups -OCH3 is 1. The Kier molecular flexibility index (Phi) is 7.54. The standard InChI is InChI=1S/C17H27N3O3/c1-6-20(12(2)3)11-17(22)18-10-16(21)19-14-9-13(4)7-8-15(14)23-5/h7-9,12H,6,10-11H2,1-5H3,(H,18,22)(H,19,21). The quantitative estimate of drug-likeness (QED) is 0.766. The summed E-state index contributed by atoms with van der Waals surface area (Å²) in [4.78, 5) is 25.9. The van der Waals surface area contributed by atoms with Crippen molar-refractivity contribution in [2.45, 2.75) is 33.7 Å². The molecule has 0 radical (unpaired) electrons. The van der Waals surface area contributed by atoms with Gasteiger partial charge in [0, 0.05) is 6.04 Å². The molecule has 1 aromatic rings. The minimum absolute atomic E-state index is 0.0639.